The molecule has 3 N–H and O–H groups in total. The fourth-order valence-electron chi connectivity index (χ4n) is 1.54. The molecule has 0 saturated carbocycles. The molecule has 0 spiro atoms. The van der Waals surface area contributed by atoms with Gasteiger partial charge in [-0.2, -0.15) is 0 Å². The lowest BCUT2D eigenvalue weighted by molar-refractivity contribution is 0.0511. The highest BCUT2D eigenvalue weighted by molar-refractivity contribution is 6.36. The number of methoxy groups -OCH3 is 1. The van der Waals surface area contributed by atoms with Gasteiger partial charge in [0.25, 0.3) is 0 Å². The summed E-state index contributed by atoms with van der Waals surface area (Å²) in [5, 5.41) is 25.7. The van der Waals surface area contributed by atoms with Crippen LogP contribution in [-0.2, 0) is 4.74 Å². The lowest BCUT2D eigenvalue weighted by Gasteiger charge is -2.08. The van der Waals surface area contributed by atoms with Gasteiger partial charge in [-0.1, -0.05) is 23.7 Å². The number of phenols is 1. The van der Waals surface area contributed by atoms with Gasteiger partial charge in [-0.05, 0) is 17.5 Å². The van der Waals surface area contributed by atoms with Gasteiger partial charge in [-0.15, -0.1) is 0 Å². The van der Waals surface area contributed by atoms with Crippen LogP contribution < -0.4 is 4.74 Å². The zero-order valence-corrected chi connectivity index (χ0v) is 11.3. The first-order valence-electron chi connectivity index (χ1n) is 5.49. The van der Waals surface area contributed by atoms with Gasteiger partial charge >= 0.3 is 7.40 Å². The second-order valence-corrected chi connectivity index (χ2v) is 4.05. The molecule has 0 aliphatic heterocycles. The Morgan fingerprint density at radius 2 is 1.95 bits per heavy atom. The largest absolute Gasteiger partial charge is 0.674 e. The zero-order valence-electron chi connectivity index (χ0n) is 10.6. The highest BCUT2D eigenvalue weighted by Crippen LogP contribution is 2.34. The fraction of sp³-hybridized carbons (Fsp3) is 0.167. The van der Waals surface area contributed by atoms with E-state index in [1.54, 1.807) is 12.1 Å². The second kappa shape index (κ2) is 7.91. The van der Waals surface area contributed by atoms with E-state index in [1.165, 1.54) is 13.2 Å². The van der Waals surface area contributed by atoms with Crippen LogP contribution in [0.3, 0.4) is 0 Å². The molecular weight excluding hydrogens is 289 g/mol. The van der Waals surface area contributed by atoms with E-state index < -0.39 is 7.40 Å². The third kappa shape index (κ3) is 4.86. The summed E-state index contributed by atoms with van der Waals surface area (Å²) in [4.78, 5) is 0. The molecule has 20 heavy (non-hydrogen) atoms. The molecule has 8 heteroatoms. The van der Waals surface area contributed by atoms with Gasteiger partial charge in [0.1, 0.15) is 11.5 Å². The maximum Gasteiger partial charge on any atom is 0.674 e. The molecule has 5 nitrogen and oxygen atoms in total. The van der Waals surface area contributed by atoms with Crippen LogP contribution in [0.25, 0.3) is 10.8 Å². The minimum atomic E-state index is -2.67. The van der Waals surface area contributed by atoms with Gasteiger partial charge in [-0.25, -0.2) is 0 Å². The van der Waals surface area contributed by atoms with E-state index in [-0.39, 0.29) is 12.5 Å². The van der Waals surface area contributed by atoms with E-state index in [0.29, 0.717) is 16.2 Å². The van der Waals surface area contributed by atoms with Crippen LogP contribution in [0.15, 0.2) is 30.3 Å². The van der Waals surface area contributed by atoms with Crippen molar-refractivity contribution in [2.75, 3.05) is 13.9 Å². The van der Waals surface area contributed by atoms with Crippen molar-refractivity contribution in [1.82, 2.24) is 0 Å². The summed E-state index contributed by atoms with van der Waals surface area (Å²) in [7, 11) is -1.13. The van der Waals surface area contributed by atoms with Gasteiger partial charge in [0, 0.05) is 18.6 Å². The summed E-state index contributed by atoms with van der Waals surface area (Å²) in [6, 6.07) is 8.75. The van der Waals surface area contributed by atoms with Crippen LogP contribution in [0.4, 0.5) is 4.32 Å². The number of aromatic hydroxyl groups is 1. The van der Waals surface area contributed by atoms with E-state index >= 15 is 0 Å². The monoisotopic (exact) mass is 302 g/mol. The van der Waals surface area contributed by atoms with Crippen molar-refractivity contribution in [2.45, 2.75) is 0 Å². The lowest BCUT2D eigenvalue weighted by Crippen LogP contribution is -1.98. The Kier molecular flexibility index (Phi) is 6.53. The molecule has 0 aliphatic rings. The summed E-state index contributed by atoms with van der Waals surface area (Å²) in [6.45, 7) is 0.144. The summed E-state index contributed by atoms with van der Waals surface area (Å²) in [5.41, 5.74) is 0. The van der Waals surface area contributed by atoms with E-state index in [9.17, 15) is 9.42 Å². The van der Waals surface area contributed by atoms with E-state index in [2.05, 4.69) is 0 Å². The number of benzene rings is 2. The zero-order chi connectivity index (χ0) is 15.1. The lowest BCUT2D eigenvalue weighted by atomic mass is 10.1. The number of fused-ring (bicyclic) bond motifs is 1. The highest BCUT2D eigenvalue weighted by atomic mass is 35.5. The number of rotatable bonds is 3. The van der Waals surface area contributed by atoms with Gasteiger partial charge in [0.05, 0.1) is 5.02 Å². The molecule has 0 radical (unpaired) electrons. The van der Waals surface area contributed by atoms with Crippen LogP contribution in [0, 0.1) is 0 Å². The van der Waals surface area contributed by atoms with Gasteiger partial charge < -0.3 is 24.6 Å². The van der Waals surface area contributed by atoms with Crippen molar-refractivity contribution in [2.24, 2.45) is 0 Å². The number of halogens is 2. The molecule has 2 aromatic rings. The molecule has 2 rings (SSSR count). The number of hydrogen-bond donors (Lipinski definition) is 3. The Morgan fingerprint density at radius 3 is 2.55 bits per heavy atom. The Balaban J connectivity index is 0.000000444. The molecule has 0 aromatic heterocycles. The molecular formula is C12H13BClFO5. The summed E-state index contributed by atoms with van der Waals surface area (Å²) in [5.74, 6) is 0.656. The molecule has 0 atom stereocenters. The summed E-state index contributed by atoms with van der Waals surface area (Å²) >= 11 is 5.99. The fourth-order valence-corrected chi connectivity index (χ4v) is 1.82. The number of ether oxygens (including phenoxy) is 2. The quantitative estimate of drug-likeness (QED) is 0.598. The van der Waals surface area contributed by atoms with E-state index in [0.717, 1.165) is 5.39 Å². The maximum absolute atomic E-state index is 10.1. The molecule has 0 amide bonds. The Hall–Kier alpha value is -1.54. The predicted octanol–water partition coefficient (Wildman–Crippen LogP) is 2.11. The van der Waals surface area contributed by atoms with Crippen molar-refractivity contribution in [3.8, 4) is 11.5 Å². The standard InChI is InChI=1S/C12H11ClO3.BFH2O2/c1-15-7-16-9-5-8-3-2-4-10(13)12(8)11(14)6-9;2-1(3)4/h2-6,14H,7H2,1H3;3-4H. The first-order valence-corrected chi connectivity index (χ1v) is 5.86. The highest BCUT2D eigenvalue weighted by Gasteiger charge is 2.07. The Bertz CT molecular complexity index is 564. The smallest absolute Gasteiger partial charge is 0.507 e. The molecule has 0 saturated heterocycles. The van der Waals surface area contributed by atoms with Crippen LogP contribution in [0.2, 0.25) is 5.02 Å². The maximum atomic E-state index is 10.1. The van der Waals surface area contributed by atoms with Crippen molar-refractivity contribution in [3.05, 3.63) is 35.4 Å². The summed E-state index contributed by atoms with van der Waals surface area (Å²) < 4.78 is 20.2. The van der Waals surface area contributed by atoms with Crippen LogP contribution in [0.1, 0.15) is 0 Å². The molecule has 108 valence electrons. The average molecular weight is 302 g/mol. The molecule has 0 heterocycles. The van der Waals surface area contributed by atoms with Crippen molar-refractivity contribution < 1.29 is 28.9 Å². The van der Waals surface area contributed by atoms with Crippen LogP contribution in [0.5, 0.6) is 11.5 Å². The Morgan fingerprint density at radius 1 is 1.30 bits per heavy atom. The minimum absolute atomic E-state index is 0.106. The number of hydrogen-bond acceptors (Lipinski definition) is 5. The second-order valence-electron chi connectivity index (χ2n) is 3.64. The normalized spacial score (nSPS) is 9.85. The van der Waals surface area contributed by atoms with Gasteiger partial charge in [0.15, 0.2) is 6.79 Å². The topological polar surface area (TPSA) is 79.2 Å². The third-order valence-electron chi connectivity index (χ3n) is 2.22. The summed E-state index contributed by atoms with van der Waals surface area (Å²) in [6.07, 6.45) is 0. The van der Waals surface area contributed by atoms with Gasteiger partial charge in [-0.3, -0.25) is 4.32 Å². The van der Waals surface area contributed by atoms with Crippen molar-refractivity contribution in [3.63, 3.8) is 0 Å². The molecule has 0 bridgehead atoms. The van der Waals surface area contributed by atoms with E-state index in [4.69, 9.17) is 31.1 Å². The average Bonchev–Trinajstić information content (AvgIpc) is 2.35. The Labute approximate surface area is 120 Å². The first kappa shape index (κ1) is 16.5. The van der Waals surface area contributed by atoms with Crippen LogP contribution in [-0.4, -0.2) is 36.5 Å². The molecule has 0 aliphatic carbocycles. The molecule has 0 unspecified atom stereocenters. The first-order chi connectivity index (χ1) is 9.45. The van der Waals surface area contributed by atoms with E-state index in [1.807, 2.05) is 12.1 Å². The molecule has 2 aromatic carbocycles. The SMILES string of the molecule is COCOc1cc(O)c2c(Cl)cccc2c1.OB(O)F. The minimum Gasteiger partial charge on any atom is -0.507 e. The van der Waals surface area contributed by atoms with Crippen molar-refractivity contribution in [1.29, 1.82) is 0 Å². The van der Waals surface area contributed by atoms with Gasteiger partial charge in [0.2, 0.25) is 0 Å². The predicted molar refractivity (Wildman–Crippen MR) is 74.4 cm³/mol. The van der Waals surface area contributed by atoms with Crippen molar-refractivity contribution >= 4 is 29.8 Å². The molecule has 0 fully saturated rings. The third-order valence-corrected chi connectivity index (χ3v) is 2.54. The number of phenolic OH excluding ortho intramolecular Hbond substituents is 1. The van der Waals surface area contributed by atoms with Crippen LogP contribution >= 0.6 is 11.6 Å².